The summed E-state index contributed by atoms with van der Waals surface area (Å²) in [5.74, 6) is 0.239. The molecule has 0 radical (unpaired) electrons. The van der Waals surface area contributed by atoms with Crippen LogP contribution in [0.15, 0.2) is 23.1 Å². The number of halogens is 1. The van der Waals surface area contributed by atoms with Gasteiger partial charge in [-0.2, -0.15) is 0 Å². The first kappa shape index (κ1) is 13.4. The van der Waals surface area contributed by atoms with Crippen molar-refractivity contribution >= 4 is 34.0 Å². The van der Waals surface area contributed by atoms with Gasteiger partial charge >= 0.3 is 0 Å². The summed E-state index contributed by atoms with van der Waals surface area (Å²) in [5.41, 5.74) is 6.15. The van der Waals surface area contributed by atoms with E-state index in [4.69, 9.17) is 17.3 Å². The van der Waals surface area contributed by atoms with Gasteiger partial charge in [-0.05, 0) is 31.0 Å². The van der Waals surface area contributed by atoms with Crippen molar-refractivity contribution in [2.24, 2.45) is 0 Å². The lowest BCUT2D eigenvalue weighted by Crippen LogP contribution is -2.26. The zero-order valence-electron chi connectivity index (χ0n) is 9.82. The lowest BCUT2D eigenvalue weighted by atomic mass is 10.3. The summed E-state index contributed by atoms with van der Waals surface area (Å²) in [4.78, 5) is 12.0. The number of nitrogen functional groups attached to an aromatic ring is 1. The SMILES string of the molecule is Nc1cc(Cl)ccc1S(=O)CCC(=O)NC1CC1. The molecule has 4 nitrogen and oxygen atoms in total. The van der Waals surface area contributed by atoms with Gasteiger partial charge in [-0.3, -0.25) is 9.00 Å². The van der Waals surface area contributed by atoms with Crippen molar-refractivity contribution in [3.63, 3.8) is 0 Å². The van der Waals surface area contributed by atoms with Crippen molar-refractivity contribution in [2.45, 2.75) is 30.2 Å². The van der Waals surface area contributed by atoms with E-state index in [1.807, 2.05) is 0 Å². The van der Waals surface area contributed by atoms with E-state index in [-0.39, 0.29) is 18.1 Å². The van der Waals surface area contributed by atoms with Gasteiger partial charge < -0.3 is 11.1 Å². The quantitative estimate of drug-likeness (QED) is 0.809. The maximum Gasteiger partial charge on any atom is 0.221 e. The van der Waals surface area contributed by atoms with Crippen LogP contribution in [0.25, 0.3) is 0 Å². The Morgan fingerprint density at radius 3 is 2.83 bits per heavy atom. The number of hydrogen-bond donors (Lipinski definition) is 2. The van der Waals surface area contributed by atoms with Crippen molar-refractivity contribution in [2.75, 3.05) is 11.5 Å². The van der Waals surface area contributed by atoms with Crippen LogP contribution in [0.5, 0.6) is 0 Å². The molecule has 1 unspecified atom stereocenters. The van der Waals surface area contributed by atoms with Crippen molar-refractivity contribution < 1.29 is 9.00 Å². The molecule has 1 saturated carbocycles. The minimum absolute atomic E-state index is 0.0432. The lowest BCUT2D eigenvalue weighted by molar-refractivity contribution is -0.120. The molecule has 1 fully saturated rings. The molecule has 0 aromatic heterocycles. The monoisotopic (exact) mass is 286 g/mol. The van der Waals surface area contributed by atoms with Gasteiger partial charge in [0.2, 0.25) is 5.91 Å². The molecule has 1 aromatic rings. The minimum Gasteiger partial charge on any atom is -0.398 e. The minimum atomic E-state index is -1.26. The number of anilines is 1. The van der Waals surface area contributed by atoms with Gasteiger partial charge in [-0.25, -0.2) is 0 Å². The largest absolute Gasteiger partial charge is 0.398 e. The maximum atomic E-state index is 12.0. The van der Waals surface area contributed by atoms with Crippen LogP contribution in [0.4, 0.5) is 5.69 Å². The summed E-state index contributed by atoms with van der Waals surface area (Å²) in [7, 11) is -1.26. The van der Waals surface area contributed by atoms with Crippen LogP contribution in [0.1, 0.15) is 19.3 Å². The zero-order valence-corrected chi connectivity index (χ0v) is 11.4. The van der Waals surface area contributed by atoms with Crippen molar-refractivity contribution in [1.82, 2.24) is 5.32 Å². The lowest BCUT2D eigenvalue weighted by Gasteiger charge is -2.06. The molecule has 1 aliphatic carbocycles. The van der Waals surface area contributed by atoms with Crippen LogP contribution in [0.3, 0.4) is 0 Å². The van der Waals surface area contributed by atoms with Crippen LogP contribution in [-0.2, 0) is 15.6 Å². The predicted octanol–water partition coefficient (Wildman–Crippen LogP) is 1.70. The highest BCUT2D eigenvalue weighted by molar-refractivity contribution is 7.85. The van der Waals surface area contributed by atoms with E-state index in [0.29, 0.717) is 21.6 Å². The highest BCUT2D eigenvalue weighted by Gasteiger charge is 2.23. The molecule has 2 rings (SSSR count). The molecule has 0 saturated heterocycles. The summed E-state index contributed by atoms with van der Waals surface area (Å²) in [6.45, 7) is 0. The summed E-state index contributed by atoms with van der Waals surface area (Å²) in [6, 6.07) is 5.20. The normalized spacial score (nSPS) is 16.3. The highest BCUT2D eigenvalue weighted by atomic mass is 35.5. The molecule has 1 amide bonds. The molecule has 0 aliphatic heterocycles. The van der Waals surface area contributed by atoms with E-state index in [0.717, 1.165) is 12.8 Å². The third-order valence-electron chi connectivity index (χ3n) is 2.67. The van der Waals surface area contributed by atoms with Gasteiger partial charge in [0.05, 0.1) is 15.7 Å². The van der Waals surface area contributed by atoms with Crippen molar-refractivity contribution in [3.05, 3.63) is 23.2 Å². The number of rotatable bonds is 5. The summed E-state index contributed by atoms with van der Waals surface area (Å²) in [6.07, 6.45) is 2.36. The van der Waals surface area contributed by atoms with Gasteiger partial charge in [-0.1, -0.05) is 11.6 Å². The number of amides is 1. The average molecular weight is 287 g/mol. The Labute approximate surface area is 113 Å². The molecule has 0 heterocycles. The molecule has 98 valence electrons. The molecule has 1 aliphatic rings. The molecular weight excluding hydrogens is 272 g/mol. The second kappa shape index (κ2) is 5.71. The van der Waals surface area contributed by atoms with Gasteiger partial charge in [0, 0.05) is 28.9 Å². The van der Waals surface area contributed by atoms with Crippen molar-refractivity contribution in [1.29, 1.82) is 0 Å². The molecule has 0 spiro atoms. The maximum absolute atomic E-state index is 12.0. The van der Waals surface area contributed by atoms with Gasteiger partial charge in [-0.15, -0.1) is 0 Å². The Morgan fingerprint density at radius 2 is 2.22 bits per heavy atom. The molecular formula is C12H15ClN2O2S. The van der Waals surface area contributed by atoms with Crippen LogP contribution >= 0.6 is 11.6 Å². The fraction of sp³-hybridized carbons (Fsp3) is 0.417. The second-order valence-corrected chi connectivity index (χ2v) is 6.30. The second-order valence-electron chi connectivity index (χ2n) is 4.32. The summed E-state index contributed by atoms with van der Waals surface area (Å²) < 4.78 is 12.0. The fourth-order valence-corrected chi connectivity index (χ4v) is 2.86. The van der Waals surface area contributed by atoms with E-state index >= 15 is 0 Å². The summed E-state index contributed by atoms with van der Waals surface area (Å²) >= 11 is 5.77. The molecule has 6 heteroatoms. The highest BCUT2D eigenvalue weighted by Crippen LogP contribution is 2.22. The third-order valence-corrected chi connectivity index (χ3v) is 4.35. The first-order valence-corrected chi connectivity index (χ1v) is 7.48. The van der Waals surface area contributed by atoms with Gasteiger partial charge in [0.25, 0.3) is 0 Å². The van der Waals surface area contributed by atoms with Gasteiger partial charge in [0.15, 0.2) is 0 Å². The topological polar surface area (TPSA) is 72.2 Å². The third kappa shape index (κ3) is 3.71. The average Bonchev–Trinajstić information content (AvgIpc) is 3.10. The van der Waals surface area contributed by atoms with E-state index in [1.165, 1.54) is 0 Å². The smallest absolute Gasteiger partial charge is 0.221 e. The predicted molar refractivity (Wildman–Crippen MR) is 72.9 cm³/mol. The first-order chi connectivity index (χ1) is 8.56. The number of carbonyl (C=O) groups excluding carboxylic acids is 1. The first-order valence-electron chi connectivity index (χ1n) is 5.79. The van der Waals surface area contributed by atoms with Crippen LogP contribution < -0.4 is 11.1 Å². The van der Waals surface area contributed by atoms with E-state index in [9.17, 15) is 9.00 Å². The van der Waals surface area contributed by atoms with E-state index in [2.05, 4.69) is 5.32 Å². The molecule has 1 aromatic carbocycles. The van der Waals surface area contributed by atoms with E-state index in [1.54, 1.807) is 18.2 Å². The molecule has 1 atom stereocenters. The fourth-order valence-electron chi connectivity index (χ4n) is 1.55. The molecule has 3 N–H and O–H groups in total. The van der Waals surface area contributed by atoms with Crippen LogP contribution in [-0.4, -0.2) is 21.9 Å². The van der Waals surface area contributed by atoms with Crippen molar-refractivity contribution in [3.8, 4) is 0 Å². The Balaban J connectivity index is 1.88. The number of carbonyl (C=O) groups is 1. The standard InChI is InChI=1S/C12H15ClN2O2S/c13-8-1-4-11(10(14)7-8)18(17)6-5-12(16)15-9-2-3-9/h1,4,7,9H,2-3,5-6,14H2,(H,15,16). The van der Waals surface area contributed by atoms with Gasteiger partial charge in [0.1, 0.15) is 0 Å². The summed E-state index contributed by atoms with van der Waals surface area (Å²) in [5, 5.41) is 3.37. The van der Waals surface area contributed by atoms with E-state index < -0.39 is 10.8 Å². The number of nitrogens with one attached hydrogen (secondary N) is 1. The van der Waals surface area contributed by atoms with Crippen LogP contribution in [0.2, 0.25) is 5.02 Å². The molecule has 0 bridgehead atoms. The Kier molecular flexibility index (Phi) is 4.24. The Hall–Kier alpha value is -1.07. The van der Waals surface area contributed by atoms with Crippen LogP contribution in [0, 0.1) is 0 Å². The zero-order chi connectivity index (χ0) is 13.1. The number of hydrogen-bond acceptors (Lipinski definition) is 3. The number of nitrogens with two attached hydrogens (primary N) is 1. The Bertz CT molecular complexity index is 489. The Morgan fingerprint density at radius 1 is 1.50 bits per heavy atom. The number of benzene rings is 1. The molecule has 18 heavy (non-hydrogen) atoms.